The molecule has 0 spiro atoms. The van der Waals surface area contributed by atoms with Crippen molar-refractivity contribution in [2.45, 2.75) is 34.6 Å². The topological polar surface area (TPSA) is 0 Å². The number of rotatable bonds is 0. The van der Waals surface area contributed by atoms with Crippen LogP contribution in [0.4, 0.5) is 4.39 Å². The second kappa shape index (κ2) is 11.5. The molecule has 0 rings (SSSR count). The van der Waals surface area contributed by atoms with Gasteiger partial charge in [0.15, 0.2) is 0 Å². The Kier molecular flexibility index (Phi) is 18.7. The van der Waals surface area contributed by atoms with Crippen LogP contribution in [0.25, 0.3) is 0 Å². The Labute approximate surface area is 65.1 Å². The predicted octanol–water partition coefficient (Wildman–Crippen LogP) is 3.83. The summed E-state index contributed by atoms with van der Waals surface area (Å²) in [5, 5.41) is 0. The lowest BCUT2D eigenvalue weighted by molar-refractivity contribution is 0.469. The van der Waals surface area contributed by atoms with Gasteiger partial charge in [0.25, 0.3) is 0 Å². The first kappa shape index (κ1) is 16.3. The zero-order valence-corrected chi connectivity index (χ0v) is 8.16. The van der Waals surface area contributed by atoms with Crippen LogP contribution in [-0.4, -0.2) is 7.18 Å². The van der Waals surface area contributed by atoms with E-state index in [-0.39, 0.29) is 0 Å². The van der Waals surface area contributed by atoms with Crippen LogP contribution in [0.15, 0.2) is 12.7 Å². The van der Waals surface area contributed by atoms with Gasteiger partial charge in [-0.3, -0.25) is 4.39 Å². The summed E-state index contributed by atoms with van der Waals surface area (Å²) in [5.74, 6) is 0. The van der Waals surface area contributed by atoms with Gasteiger partial charge in [0.2, 0.25) is 0 Å². The van der Waals surface area contributed by atoms with Crippen molar-refractivity contribution < 1.29 is 4.39 Å². The quantitative estimate of drug-likeness (QED) is 0.458. The SMILES string of the molecule is C=CC.CC(C)(C)C.CF. The minimum atomic E-state index is 0.500. The van der Waals surface area contributed by atoms with Crippen LogP contribution >= 0.6 is 0 Å². The van der Waals surface area contributed by atoms with E-state index < -0.39 is 0 Å². The van der Waals surface area contributed by atoms with Crippen LogP contribution in [-0.2, 0) is 0 Å². The first-order valence-electron chi connectivity index (χ1n) is 3.36. The largest absolute Gasteiger partial charge is 0.255 e. The zero-order chi connectivity index (χ0) is 9.21. The van der Waals surface area contributed by atoms with Crippen molar-refractivity contribution in [2.75, 3.05) is 7.18 Å². The molecular weight excluding hydrogens is 127 g/mol. The molecule has 0 saturated carbocycles. The molecule has 1 heteroatoms. The molecule has 0 nitrogen and oxygen atoms in total. The van der Waals surface area contributed by atoms with Crippen molar-refractivity contribution in [3.63, 3.8) is 0 Å². The lowest BCUT2D eigenvalue weighted by Gasteiger charge is -2.05. The molecule has 0 aliphatic rings. The highest BCUT2D eigenvalue weighted by Crippen LogP contribution is 2.07. The normalized spacial score (nSPS) is 7.90. The minimum Gasteiger partial charge on any atom is -0.255 e. The molecule has 0 radical (unpaired) electrons. The fraction of sp³-hybridized carbons (Fsp3) is 0.778. The van der Waals surface area contributed by atoms with Crippen molar-refractivity contribution >= 4 is 0 Å². The van der Waals surface area contributed by atoms with Crippen molar-refractivity contribution in [1.29, 1.82) is 0 Å². The van der Waals surface area contributed by atoms with E-state index in [1.807, 2.05) is 6.92 Å². The molecule has 0 amide bonds. The van der Waals surface area contributed by atoms with Crippen molar-refractivity contribution in [2.24, 2.45) is 5.41 Å². The summed E-state index contributed by atoms with van der Waals surface area (Å²) in [6, 6.07) is 0. The molecule has 0 atom stereocenters. The second-order valence-corrected chi connectivity index (χ2v) is 3.41. The molecule has 64 valence electrons. The monoisotopic (exact) mass is 148 g/mol. The Morgan fingerprint density at radius 3 is 1.10 bits per heavy atom. The smallest absolute Gasteiger partial charge is 0.0785 e. The van der Waals surface area contributed by atoms with E-state index in [4.69, 9.17) is 0 Å². The standard InChI is InChI=1S/C5H12.C3H6.CH3F/c1-5(2,3)4;1-3-2;1-2/h1-4H3;3H,1H2,2H3;1H3. The van der Waals surface area contributed by atoms with Gasteiger partial charge in [-0.2, -0.15) is 0 Å². The fourth-order valence-corrected chi connectivity index (χ4v) is 0. The van der Waals surface area contributed by atoms with E-state index in [1.54, 1.807) is 6.08 Å². The zero-order valence-electron chi connectivity index (χ0n) is 8.16. The van der Waals surface area contributed by atoms with Crippen LogP contribution in [0.2, 0.25) is 0 Å². The summed E-state index contributed by atoms with van der Waals surface area (Å²) in [7, 11) is 0.500. The summed E-state index contributed by atoms with van der Waals surface area (Å²) >= 11 is 0. The van der Waals surface area contributed by atoms with E-state index in [0.717, 1.165) is 0 Å². The number of hydrogen-bond acceptors (Lipinski definition) is 0. The molecule has 0 fully saturated rings. The molecule has 0 aromatic rings. The number of alkyl halides is 1. The highest BCUT2D eigenvalue weighted by atomic mass is 19.1. The Bertz CT molecular complexity index is 44.2. The predicted molar refractivity (Wildman–Crippen MR) is 48.0 cm³/mol. The van der Waals surface area contributed by atoms with Crippen LogP contribution in [0.3, 0.4) is 0 Å². The second-order valence-electron chi connectivity index (χ2n) is 3.41. The van der Waals surface area contributed by atoms with Gasteiger partial charge < -0.3 is 0 Å². The molecular formula is C9H21F. The van der Waals surface area contributed by atoms with E-state index in [1.165, 1.54) is 0 Å². The lowest BCUT2D eigenvalue weighted by Crippen LogP contribution is -1.93. The van der Waals surface area contributed by atoms with E-state index >= 15 is 0 Å². The molecule has 0 bridgehead atoms. The highest BCUT2D eigenvalue weighted by Gasteiger charge is 1.95. The van der Waals surface area contributed by atoms with E-state index in [2.05, 4.69) is 34.3 Å². The summed E-state index contributed by atoms with van der Waals surface area (Å²) < 4.78 is 9.50. The minimum absolute atomic E-state index is 0.500. The molecule has 0 aromatic carbocycles. The maximum Gasteiger partial charge on any atom is 0.0785 e. The van der Waals surface area contributed by atoms with Gasteiger partial charge in [-0.05, 0) is 12.3 Å². The molecule has 0 aliphatic carbocycles. The summed E-state index contributed by atoms with van der Waals surface area (Å²) in [4.78, 5) is 0. The number of hydrogen-bond donors (Lipinski definition) is 0. The Morgan fingerprint density at radius 1 is 1.10 bits per heavy atom. The molecule has 0 N–H and O–H groups in total. The van der Waals surface area contributed by atoms with Crippen LogP contribution in [0.5, 0.6) is 0 Å². The summed E-state index contributed by atoms with van der Waals surface area (Å²) in [5.41, 5.74) is 0.500. The highest BCUT2D eigenvalue weighted by molar-refractivity contribution is 4.51. The Morgan fingerprint density at radius 2 is 1.10 bits per heavy atom. The molecule has 0 aliphatic heterocycles. The third-order valence-corrected chi connectivity index (χ3v) is 0. The molecule has 0 aromatic heterocycles. The molecule has 0 heterocycles. The average Bonchev–Trinajstić information content (AvgIpc) is 1.68. The van der Waals surface area contributed by atoms with Gasteiger partial charge in [0.1, 0.15) is 0 Å². The molecule has 10 heavy (non-hydrogen) atoms. The van der Waals surface area contributed by atoms with Gasteiger partial charge in [-0.15, -0.1) is 6.58 Å². The first-order chi connectivity index (χ1) is 4.41. The van der Waals surface area contributed by atoms with Crippen LogP contribution < -0.4 is 0 Å². The Balaban J connectivity index is -0.0000000847. The summed E-state index contributed by atoms with van der Waals surface area (Å²) in [6.07, 6.45) is 1.75. The average molecular weight is 148 g/mol. The van der Waals surface area contributed by atoms with Gasteiger partial charge in [-0.1, -0.05) is 33.8 Å². The third kappa shape index (κ3) is 3130. The van der Waals surface area contributed by atoms with E-state index in [9.17, 15) is 4.39 Å². The maximum absolute atomic E-state index is 9.50. The molecule has 0 unspecified atom stereocenters. The van der Waals surface area contributed by atoms with E-state index in [0.29, 0.717) is 12.6 Å². The number of halogens is 1. The van der Waals surface area contributed by atoms with Gasteiger partial charge in [0, 0.05) is 0 Å². The van der Waals surface area contributed by atoms with Crippen molar-refractivity contribution in [1.82, 2.24) is 0 Å². The summed E-state index contributed by atoms with van der Waals surface area (Å²) in [6.45, 7) is 14.0. The van der Waals surface area contributed by atoms with Gasteiger partial charge >= 0.3 is 0 Å². The van der Waals surface area contributed by atoms with Crippen LogP contribution in [0, 0.1) is 5.41 Å². The van der Waals surface area contributed by atoms with Crippen molar-refractivity contribution in [3.05, 3.63) is 12.7 Å². The maximum atomic E-state index is 9.50. The van der Waals surface area contributed by atoms with Crippen LogP contribution in [0.1, 0.15) is 34.6 Å². The van der Waals surface area contributed by atoms with Crippen molar-refractivity contribution in [3.8, 4) is 0 Å². The fourth-order valence-electron chi connectivity index (χ4n) is 0. The Hall–Kier alpha value is -0.330. The van der Waals surface area contributed by atoms with Gasteiger partial charge in [0.05, 0.1) is 7.18 Å². The molecule has 0 saturated heterocycles. The third-order valence-electron chi connectivity index (χ3n) is 0. The lowest BCUT2D eigenvalue weighted by atomic mass is 10.0. The van der Waals surface area contributed by atoms with Gasteiger partial charge in [-0.25, -0.2) is 0 Å². The number of allylic oxidation sites excluding steroid dienone is 1. The first-order valence-corrected chi connectivity index (χ1v) is 3.36.